The zero-order valence-electron chi connectivity index (χ0n) is 14.8. The molecule has 1 spiro atoms. The summed E-state index contributed by atoms with van der Waals surface area (Å²) in [5, 5.41) is 0. The van der Waals surface area contributed by atoms with Gasteiger partial charge in [-0.2, -0.15) is 17.5 Å². The molecule has 1 saturated carbocycles. The first-order valence-electron chi connectivity index (χ1n) is 8.86. The number of hydrogen-bond donors (Lipinski definition) is 0. The normalized spacial score (nSPS) is 25.9. The van der Waals surface area contributed by atoms with E-state index in [0.717, 1.165) is 36.1 Å². The molecular formula is C20H20F3NO2S. The van der Waals surface area contributed by atoms with E-state index in [4.69, 9.17) is 0 Å². The lowest BCUT2D eigenvalue weighted by Gasteiger charge is -2.17. The molecule has 2 atom stereocenters. The topological polar surface area (TPSA) is 37.4 Å². The van der Waals surface area contributed by atoms with Gasteiger partial charge in [0, 0.05) is 13.1 Å². The number of rotatable bonds is 3. The largest absolute Gasteiger partial charge is 0.416 e. The minimum absolute atomic E-state index is 0.123. The van der Waals surface area contributed by atoms with Gasteiger partial charge >= 0.3 is 6.18 Å². The third kappa shape index (κ3) is 3.27. The molecule has 0 N–H and O–H groups in total. The summed E-state index contributed by atoms with van der Waals surface area (Å²) in [6, 6.07) is 12.1. The molecule has 0 bridgehead atoms. The van der Waals surface area contributed by atoms with Crippen molar-refractivity contribution in [2.75, 3.05) is 13.1 Å². The van der Waals surface area contributed by atoms with Crippen molar-refractivity contribution in [1.29, 1.82) is 0 Å². The fourth-order valence-electron chi connectivity index (χ4n) is 4.10. The van der Waals surface area contributed by atoms with Gasteiger partial charge < -0.3 is 0 Å². The number of sulfonamides is 1. The highest BCUT2D eigenvalue weighted by Gasteiger charge is 2.59. The summed E-state index contributed by atoms with van der Waals surface area (Å²) in [7, 11) is -3.53. The highest BCUT2D eigenvalue weighted by Crippen LogP contribution is 2.64. The molecule has 1 aliphatic carbocycles. The minimum atomic E-state index is -4.34. The zero-order chi connectivity index (χ0) is 19.4. The van der Waals surface area contributed by atoms with E-state index < -0.39 is 21.8 Å². The van der Waals surface area contributed by atoms with Crippen LogP contribution in [0.25, 0.3) is 0 Å². The summed E-state index contributed by atoms with van der Waals surface area (Å²) < 4.78 is 65.4. The standard InChI is InChI=1S/C20H20F3NO2S/c1-14-2-8-17(9-3-14)27(25,26)24-11-10-19(13-24)12-18(19)15-4-6-16(7-5-15)20(21,22)23/h2-9,18H,10-13H2,1H3. The third-order valence-corrected chi connectivity index (χ3v) is 7.70. The van der Waals surface area contributed by atoms with Crippen LogP contribution in [0.5, 0.6) is 0 Å². The maximum Gasteiger partial charge on any atom is 0.416 e. The Morgan fingerprint density at radius 3 is 2.26 bits per heavy atom. The van der Waals surface area contributed by atoms with E-state index in [9.17, 15) is 21.6 Å². The Kier molecular flexibility index (Phi) is 4.16. The molecule has 7 heteroatoms. The van der Waals surface area contributed by atoms with Crippen molar-refractivity contribution in [3.05, 3.63) is 65.2 Å². The Hall–Kier alpha value is -1.86. The Labute approximate surface area is 156 Å². The number of alkyl halides is 3. The van der Waals surface area contributed by atoms with E-state index >= 15 is 0 Å². The fourth-order valence-corrected chi connectivity index (χ4v) is 5.63. The lowest BCUT2D eigenvalue weighted by Crippen LogP contribution is -2.29. The monoisotopic (exact) mass is 395 g/mol. The van der Waals surface area contributed by atoms with Crippen LogP contribution in [0.15, 0.2) is 53.4 Å². The highest BCUT2D eigenvalue weighted by molar-refractivity contribution is 7.89. The molecule has 4 rings (SSSR count). The highest BCUT2D eigenvalue weighted by atomic mass is 32.2. The van der Waals surface area contributed by atoms with Crippen LogP contribution in [0.3, 0.4) is 0 Å². The molecule has 1 aliphatic heterocycles. The van der Waals surface area contributed by atoms with Crippen LogP contribution in [0.2, 0.25) is 0 Å². The van der Waals surface area contributed by atoms with E-state index in [-0.39, 0.29) is 16.2 Å². The van der Waals surface area contributed by atoms with Crippen molar-refractivity contribution < 1.29 is 21.6 Å². The van der Waals surface area contributed by atoms with Gasteiger partial charge in [-0.1, -0.05) is 29.8 Å². The molecule has 144 valence electrons. The molecule has 0 radical (unpaired) electrons. The van der Waals surface area contributed by atoms with E-state index in [1.54, 1.807) is 24.3 Å². The summed E-state index contributed by atoms with van der Waals surface area (Å²) in [6.45, 7) is 2.78. The third-order valence-electron chi connectivity index (χ3n) is 5.84. The number of aryl methyl sites for hydroxylation is 1. The van der Waals surface area contributed by atoms with E-state index in [2.05, 4.69) is 0 Å². The first kappa shape index (κ1) is 18.5. The molecule has 0 aromatic heterocycles. The van der Waals surface area contributed by atoms with Crippen LogP contribution in [0.4, 0.5) is 13.2 Å². The maximum absolute atomic E-state index is 12.9. The summed E-state index contributed by atoms with van der Waals surface area (Å²) in [5.41, 5.74) is 1.06. The van der Waals surface area contributed by atoms with Gasteiger partial charge in [-0.05, 0) is 60.9 Å². The lowest BCUT2D eigenvalue weighted by atomic mass is 9.97. The molecule has 2 aromatic carbocycles. The molecule has 1 heterocycles. The molecule has 2 aromatic rings. The van der Waals surface area contributed by atoms with Crippen LogP contribution in [-0.4, -0.2) is 25.8 Å². The number of hydrogen-bond acceptors (Lipinski definition) is 2. The second-order valence-corrected chi connectivity index (χ2v) is 9.58. The van der Waals surface area contributed by atoms with Gasteiger partial charge in [0.2, 0.25) is 10.0 Å². The zero-order valence-corrected chi connectivity index (χ0v) is 15.6. The molecule has 2 unspecified atom stereocenters. The molecule has 27 heavy (non-hydrogen) atoms. The van der Waals surface area contributed by atoms with E-state index in [1.165, 1.54) is 16.4 Å². The first-order chi connectivity index (χ1) is 12.6. The van der Waals surface area contributed by atoms with Crippen molar-refractivity contribution in [1.82, 2.24) is 4.31 Å². The Morgan fingerprint density at radius 2 is 1.67 bits per heavy atom. The maximum atomic E-state index is 12.9. The molecule has 3 nitrogen and oxygen atoms in total. The Morgan fingerprint density at radius 1 is 1.04 bits per heavy atom. The second-order valence-electron chi connectivity index (χ2n) is 7.64. The Bertz CT molecular complexity index is 952. The van der Waals surface area contributed by atoms with Crippen LogP contribution in [0.1, 0.15) is 35.4 Å². The lowest BCUT2D eigenvalue weighted by molar-refractivity contribution is -0.137. The van der Waals surface area contributed by atoms with Crippen LogP contribution in [0, 0.1) is 12.3 Å². The molecule has 2 fully saturated rings. The fraction of sp³-hybridized carbons (Fsp3) is 0.400. The Balaban J connectivity index is 1.49. The van der Waals surface area contributed by atoms with Crippen LogP contribution >= 0.6 is 0 Å². The average Bonchev–Trinajstić information content (AvgIpc) is 3.13. The molecule has 2 aliphatic rings. The van der Waals surface area contributed by atoms with E-state index in [0.29, 0.717) is 13.1 Å². The van der Waals surface area contributed by atoms with Crippen molar-refractivity contribution >= 4 is 10.0 Å². The summed E-state index contributed by atoms with van der Waals surface area (Å²) in [5.74, 6) is 0.123. The summed E-state index contributed by atoms with van der Waals surface area (Å²) in [4.78, 5) is 0.289. The van der Waals surface area contributed by atoms with Gasteiger partial charge in [-0.15, -0.1) is 0 Å². The van der Waals surface area contributed by atoms with Crippen molar-refractivity contribution in [2.24, 2.45) is 5.41 Å². The minimum Gasteiger partial charge on any atom is -0.207 e. The van der Waals surface area contributed by atoms with Gasteiger partial charge in [-0.25, -0.2) is 8.42 Å². The second kappa shape index (κ2) is 6.07. The quantitative estimate of drug-likeness (QED) is 0.763. The van der Waals surface area contributed by atoms with Crippen molar-refractivity contribution in [3.63, 3.8) is 0 Å². The van der Waals surface area contributed by atoms with Crippen molar-refractivity contribution in [3.8, 4) is 0 Å². The number of nitrogens with zero attached hydrogens (tertiary/aromatic N) is 1. The predicted octanol–water partition coefficient (Wildman–Crippen LogP) is 4.58. The van der Waals surface area contributed by atoms with Gasteiger partial charge in [0.25, 0.3) is 0 Å². The number of benzene rings is 2. The number of halogens is 3. The van der Waals surface area contributed by atoms with Crippen LogP contribution < -0.4 is 0 Å². The summed E-state index contributed by atoms with van der Waals surface area (Å²) >= 11 is 0. The van der Waals surface area contributed by atoms with Gasteiger partial charge in [0.1, 0.15) is 0 Å². The SMILES string of the molecule is Cc1ccc(S(=O)(=O)N2CCC3(CC3c3ccc(C(F)(F)F)cc3)C2)cc1. The van der Waals surface area contributed by atoms with Crippen molar-refractivity contribution in [2.45, 2.75) is 36.8 Å². The van der Waals surface area contributed by atoms with Gasteiger partial charge in [0.15, 0.2) is 0 Å². The smallest absolute Gasteiger partial charge is 0.207 e. The van der Waals surface area contributed by atoms with Crippen LogP contribution in [-0.2, 0) is 16.2 Å². The predicted molar refractivity (Wildman–Crippen MR) is 95.8 cm³/mol. The molecule has 0 amide bonds. The summed E-state index contributed by atoms with van der Waals surface area (Å²) in [6.07, 6.45) is -2.78. The van der Waals surface area contributed by atoms with E-state index in [1.807, 2.05) is 6.92 Å². The van der Waals surface area contributed by atoms with Gasteiger partial charge in [-0.3, -0.25) is 0 Å². The molecular weight excluding hydrogens is 375 g/mol. The van der Waals surface area contributed by atoms with Gasteiger partial charge in [0.05, 0.1) is 10.5 Å². The average molecular weight is 395 g/mol. The first-order valence-corrected chi connectivity index (χ1v) is 10.3. The molecule has 1 saturated heterocycles.